The summed E-state index contributed by atoms with van der Waals surface area (Å²) in [6.45, 7) is 2.09. The molecule has 208 valence electrons. The second-order valence-electron chi connectivity index (χ2n) is 11.0. The Balaban J connectivity index is 1.50. The normalized spacial score (nSPS) is 14.6. The van der Waals surface area contributed by atoms with E-state index in [-0.39, 0.29) is 6.04 Å². The van der Waals surface area contributed by atoms with Gasteiger partial charge in [0, 0.05) is 17.3 Å². The first-order valence-corrected chi connectivity index (χ1v) is 14.3. The molecule has 0 aliphatic heterocycles. The third-order valence-electron chi connectivity index (χ3n) is 8.05. The maximum Gasteiger partial charge on any atom is 0.148 e. The Morgan fingerprint density at radius 1 is 1.00 bits per heavy atom. The van der Waals surface area contributed by atoms with Gasteiger partial charge >= 0.3 is 0 Å². The van der Waals surface area contributed by atoms with Crippen LogP contribution in [0.25, 0.3) is 10.9 Å². The molecule has 2 atom stereocenters. The number of fused-ring (bicyclic) bond motifs is 1. The highest BCUT2D eigenvalue weighted by Gasteiger charge is 2.35. The van der Waals surface area contributed by atoms with Gasteiger partial charge in [0.15, 0.2) is 0 Å². The minimum Gasteiger partial charge on any atom is -0.378 e. The zero-order valence-electron chi connectivity index (χ0n) is 23.9. The van der Waals surface area contributed by atoms with Crippen LogP contribution >= 0.6 is 0 Å². The molecule has 2 N–H and O–H groups in total. The molecule has 0 spiro atoms. The third-order valence-corrected chi connectivity index (χ3v) is 8.05. The van der Waals surface area contributed by atoms with Crippen LogP contribution in [0.3, 0.4) is 0 Å². The summed E-state index contributed by atoms with van der Waals surface area (Å²) in [5, 5.41) is 46.7. The fourth-order valence-corrected chi connectivity index (χ4v) is 5.48. The van der Waals surface area contributed by atoms with E-state index in [0.717, 1.165) is 30.4 Å². The lowest BCUT2D eigenvalue weighted by atomic mass is 9.69. The van der Waals surface area contributed by atoms with E-state index in [4.69, 9.17) is 0 Å². The lowest BCUT2D eigenvalue weighted by molar-refractivity contribution is 0.610. The predicted octanol–water partition coefficient (Wildman–Crippen LogP) is 5.29. The first-order chi connectivity index (χ1) is 21.0. The third kappa shape index (κ3) is 5.25. The number of nitrogens with zero attached hydrogens (tertiary/aromatic N) is 7. The molecule has 6 rings (SSSR count). The van der Waals surface area contributed by atoms with Gasteiger partial charge in [0.25, 0.3) is 0 Å². The van der Waals surface area contributed by atoms with E-state index in [2.05, 4.69) is 63.2 Å². The summed E-state index contributed by atoms with van der Waals surface area (Å²) in [7, 11) is 1.99. The highest BCUT2D eigenvalue weighted by atomic mass is 15.4. The molecule has 1 saturated carbocycles. The minimum atomic E-state index is -0.899. The fourth-order valence-electron chi connectivity index (χ4n) is 5.48. The van der Waals surface area contributed by atoms with Gasteiger partial charge in [0.1, 0.15) is 25.7 Å². The first-order valence-electron chi connectivity index (χ1n) is 14.3. The Kier molecular flexibility index (Phi) is 7.24. The summed E-state index contributed by atoms with van der Waals surface area (Å²) < 4.78 is 1.89. The zero-order valence-corrected chi connectivity index (χ0v) is 23.9. The molecular formula is C33H28BN9. The van der Waals surface area contributed by atoms with Crippen molar-refractivity contribution in [2.24, 2.45) is 0 Å². The van der Waals surface area contributed by atoms with E-state index >= 15 is 0 Å². The van der Waals surface area contributed by atoms with E-state index in [1.54, 1.807) is 12.1 Å². The number of anilines is 2. The lowest BCUT2D eigenvalue weighted by Gasteiger charge is -2.31. The number of benzene rings is 3. The standard InChI is InChI=1S/C33H28BN9/c1-2-29(22-8-4-3-5-9-22)39-32-24(18-37)19-38-31-23(17-36)14-26(15-28(31)32)40-33(34,25-10-6-7-21(13-25)16-35)30-20-43(42-41-30)27-11-12-27/h3-10,13-15,19-20,27,29,40H,2,11-12,34H2,1H3,(H,38,39)/t29-,33?/m1/s1. The van der Waals surface area contributed by atoms with Crippen LogP contribution in [0, 0.1) is 34.0 Å². The van der Waals surface area contributed by atoms with Gasteiger partial charge in [0.2, 0.25) is 0 Å². The fraction of sp³-hybridized carbons (Fsp3) is 0.212. The second-order valence-corrected chi connectivity index (χ2v) is 11.0. The minimum absolute atomic E-state index is 0.0579. The van der Waals surface area contributed by atoms with Crippen molar-refractivity contribution in [2.45, 2.75) is 43.7 Å². The van der Waals surface area contributed by atoms with Crippen LogP contribution in [-0.4, -0.2) is 27.8 Å². The molecular weight excluding hydrogens is 533 g/mol. The van der Waals surface area contributed by atoms with E-state index in [0.29, 0.717) is 50.7 Å². The van der Waals surface area contributed by atoms with Crippen LogP contribution in [0.1, 0.15) is 71.8 Å². The van der Waals surface area contributed by atoms with Gasteiger partial charge in [-0.3, -0.25) is 4.98 Å². The lowest BCUT2D eigenvalue weighted by Crippen LogP contribution is -2.38. The molecule has 10 heteroatoms. The Labute approximate surface area is 250 Å². The average Bonchev–Trinajstić information content (AvgIpc) is 3.78. The maximum absolute atomic E-state index is 10.2. The SMILES string of the molecule is BC(Nc1cc(C#N)c2ncc(C#N)c(N[C@H](CC)c3ccccc3)c2c1)(c1cccc(C#N)c1)c1cn(C2CC2)nn1. The number of rotatable bonds is 9. The summed E-state index contributed by atoms with van der Waals surface area (Å²) >= 11 is 0. The zero-order chi connectivity index (χ0) is 30.0. The van der Waals surface area contributed by atoms with Crippen LogP contribution in [0.15, 0.2) is 79.1 Å². The second kappa shape index (κ2) is 11.3. The van der Waals surface area contributed by atoms with Gasteiger partial charge in [-0.15, -0.1) is 5.10 Å². The van der Waals surface area contributed by atoms with Crippen molar-refractivity contribution in [1.29, 1.82) is 15.8 Å². The molecule has 1 aliphatic carbocycles. The monoisotopic (exact) mass is 561 g/mol. The average molecular weight is 561 g/mol. The van der Waals surface area contributed by atoms with E-state index in [1.165, 1.54) is 6.20 Å². The van der Waals surface area contributed by atoms with Crippen LogP contribution in [-0.2, 0) is 5.44 Å². The van der Waals surface area contributed by atoms with Gasteiger partial charge in [-0.05, 0) is 54.7 Å². The predicted molar refractivity (Wildman–Crippen MR) is 167 cm³/mol. The maximum atomic E-state index is 10.2. The van der Waals surface area contributed by atoms with Gasteiger partial charge in [-0.2, -0.15) is 15.8 Å². The molecule has 43 heavy (non-hydrogen) atoms. The van der Waals surface area contributed by atoms with Gasteiger partial charge in [-0.25, -0.2) is 4.68 Å². The molecule has 1 unspecified atom stereocenters. The number of nitrogens with one attached hydrogen (secondary N) is 2. The molecule has 0 bridgehead atoms. The topological polar surface area (TPSA) is 139 Å². The van der Waals surface area contributed by atoms with E-state index in [1.807, 2.05) is 61.2 Å². The quantitative estimate of drug-likeness (QED) is 0.232. The molecule has 0 saturated heterocycles. The van der Waals surface area contributed by atoms with Crippen LogP contribution in [0.2, 0.25) is 0 Å². The molecule has 2 heterocycles. The van der Waals surface area contributed by atoms with Crippen LogP contribution in [0.4, 0.5) is 11.4 Å². The number of nitriles is 3. The van der Waals surface area contributed by atoms with Crippen molar-refractivity contribution in [2.75, 3.05) is 10.6 Å². The van der Waals surface area contributed by atoms with E-state index in [9.17, 15) is 15.8 Å². The highest BCUT2D eigenvalue weighted by Crippen LogP contribution is 2.38. The smallest absolute Gasteiger partial charge is 0.148 e. The highest BCUT2D eigenvalue weighted by molar-refractivity contribution is 6.19. The van der Waals surface area contributed by atoms with Crippen molar-refractivity contribution in [3.05, 3.63) is 113 Å². The summed E-state index contributed by atoms with van der Waals surface area (Å²) in [4.78, 5) is 4.52. The summed E-state index contributed by atoms with van der Waals surface area (Å²) in [6.07, 6.45) is 6.39. The van der Waals surface area contributed by atoms with Gasteiger partial charge in [0.05, 0.1) is 57.7 Å². The van der Waals surface area contributed by atoms with Crippen molar-refractivity contribution >= 4 is 30.1 Å². The largest absolute Gasteiger partial charge is 0.378 e. The molecule has 9 nitrogen and oxygen atoms in total. The first kappa shape index (κ1) is 27.5. The van der Waals surface area contributed by atoms with E-state index < -0.39 is 5.44 Å². The number of aromatic nitrogens is 4. The van der Waals surface area contributed by atoms with Crippen molar-refractivity contribution in [3.63, 3.8) is 0 Å². The molecule has 1 fully saturated rings. The van der Waals surface area contributed by atoms with Gasteiger partial charge in [-0.1, -0.05) is 54.6 Å². The van der Waals surface area contributed by atoms with Crippen molar-refractivity contribution in [1.82, 2.24) is 20.0 Å². The van der Waals surface area contributed by atoms with Crippen molar-refractivity contribution in [3.8, 4) is 18.2 Å². The number of pyridine rings is 1. The molecule has 2 aromatic heterocycles. The van der Waals surface area contributed by atoms with Crippen LogP contribution in [0.5, 0.6) is 0 Å². The Bertz CT molecular complexity index is 1940. The van der Waals surface area contributed by atoms with Crippen molar-refractivity contribution < 1.29 is 0 Å². The Morgan fingerprint density at radius 2 is 1.79 bits per heavy atom. The van der Waals surface area contributed by atoms with Gasteiger partial charge < -0.3 is 10.6 Å². The summed E-state index contributed by atoms with van der Waals surface area (Å²) in [5.74, 6) is 0. The summed E-state index contributed by atoms with van der Waals surface area (Å²) in [6, 6.07) is 28.2. The molecule has 0 amide bonds. The molecule has 1 aliphatic rings. The Hall–Kier alpha value is -5.66. The number of hydrogen-bond donors (Lipinski definition) is 2. The number of hydrogen-bond acceptors (Lipinski definition) is 8. The molecule has 3 aromatic carbocycles. The molecule has 5 aromatic rings. The molecule has 0 radical (unpaired) electrons. The summed E-state index contributed by atoms with van der Waals surface area (Å²) in [5.41, 5.74) is 4.76. The Morgan fingerprint density at radius 3 is 2.49 bits per heavy atom. The van der Waals surface area contributed by atoms with Crippen LogP contribution < -0.4 is 10.6 Å².